The van der Waals surface area contributed by atoms with E-state index >= 15 is 0 Å². The third-order valence-corrected chi connectivity index (χ3v) is 6.72. The van der Waals surface area contributed by atoms with Gasteiger partial charge in [0.05, 0.1) is 24.1 Å². The van der Waals surface area contributed by atoms with Gasteiger partial charge in [-0.05, 0) is 61.6 Å². The van der Waals surface area contributed by atoms with E-state index in [4.69, 9.17) is 25.5 Å². The molecule has 0 radical (unpaired) electrons. The van der Waals surface area contributed by atoms with Crippen molar-refractivity contribution in [3.05, 3.63) is 104 Å². The van der Waals surface area contributed by atoms with Crippen LogP contribution in [-0.2, 0) is 6.61 Å². The number of fused-ring (bicyclic) bond motifs is 2. The van der Waals surface area contributed by atoms with Gasteiger partial charge < -0.3 is 23.7 Å². The first kappa shape index (κ1) is 24.9. The van der Waals surface area contributed by atoms with Crippen molar-refractivity contribution in [2.75, 3.05) is 34.3 Å². The zero-order valence-electron chi connectivity index (χ0n) is 20.9. The third-order valence-electron chi connectivity index (χ3n) is 6.47. The van der Waals surface area contributed by atoms with Gasteiger partial charge in [-0.15, -0.1) is 0 Å². The molecule has 0 unspecified atom stereocenters. The van der Waals surface area contributed by atoms with Crippen molar-refractivity contribution in [1.29, 1.82) is 0 Å². The monoisotopic (exact) mass is 518 g/mol. The lowest BCUT2D eigenvalue weighted by Crippen LogP contribution is -2.35. The third kappa shape index (κ3) is 4.80. The number of para-hydroxylation sites is 1. The molecule has 0 saturated carbocycles. The van der Waals surface area contributed by atoms with Crippen LogP contribution in [0.1, 0.15) is 33.3 Å². The molecule has 0 spiro atoms. The number of methoxy groups -OCH3 is 1. The van der Waals surface area contributed by atoms with Crippen LogP contribution in [0.25, 0.3) is 11.0 Å². The molecular formula is C29H27ClN2O5. The SMILES string of the molecule is COc1cc([C@@H]2c3c(oc4ccccc4c3=O)C(=O)N2CCN(C)C)ccc1OCc1ccc(Cl)cc1. The number of hydrogen-bond donors (Lipinski definition) is 0. The van der Waals surface area contributed by atoms with Gasteiger partial charge in [0.1, 0.15) is 12.2 Å². The largest absolute Gasteiger partial charge is 0.493 e. The predicted octanol–water partition coefficient (Wildman–Crippen LogP) is 5.14. The highest BCUT2D eigenvalue weighted by molar-refractivity contribution is 6.30. The van der Waals surface area contributed by atoms with Gasteiger partial charge in [0.2, 0.25) is 5.76 Å². The summed E-state index contributed by atoms with van der Waals surface area (Å²) in [4.78, 5) is 30.8. The van der Waals surface area contributed by atoms with Gasteiger partial charge in [0.25, 0.3) is 5.91 Å². The summed E-state index contributed by atoms with van der Waals surface area (Å²) >= 11 is 5.98. The number of nitrogens with zero attached hydrogens (tertiary/aromatic N) is 2. The lowest BCUT2D eigenvalue weighted by Gasteiger charge is -2.27. The van der Waals surface area contributed by atoms with Gasteiger partial charge in [-0.3, -0.25) is 9.59 Å². The second kappa shape index (κ2) is 10.3. The molecule has 3 aromatic carbocycles. The number of halogens is 1. The smallest absolute Gasteiger partial charge is 0.290 e. The fraction of sp³-hybridized carbons (Fsp3) is 0.241. The van der Waals surface area contributed by atoms with Crippen molar-refractivity contribution in [2.24, 2.45) is 0 Å². The first-order valence-corrected chi connectivity index (χ1v) is 12.3. The van der Waals surface area contributed by atoms with E-state index in [9.17, 15) is 9.59 Å². The lowest BCUT2D eigenvalue weighted by molar-refractivity contribution is 0.0716. The molecule has 7 nitrogen and oxygen atoms in total. The summed E-state index contributed by atoms with van der Waals surface area (Å²) in [6.45, 7) is 1.39. The highest BCUT2D eigenvalue weighted by Gasteiger charge is 2.42. The quantitative estimate of drug-likeness (QED) is 0.321. The number of likely N-dealkylation sites (N-methyl/N-ethyl adjacent to an activating group) is 1. The van der Waals surface area contributed by atoms with Crippen LogP contribution < -0.4 is 14.9 Å². The number of hydrogen-bond acceptors (Lipinski definition) is 6. The van der Waals surface area contributed by atoms with Crippen molar-refractivity contribution < 1.29 is 18.7 Å². The van der Waals surface area contributed by atoms with Crippen LogP contribution >= 0.6 is 11.6 Å². The number of ether oxygens (including phenoxy) is 2. The van der Waals surface area contributed by atoms with E-state index < -0.39 is 6.04 Å². The first-order valence-electron chi connectivity index (χ1n) is 11.9. The molecule has 8 heteroatoms. The Morgan fingerprint density at radius 2 is 1.76 bits per heavy atom. The molecule has 1 amide bonds. The first-order chi connectivity index (χ1) is 17.9. The van der Waals surface area contributed by atoms with Crippen LogP contribution in [0.2, 0.25) is 5.02 Å². The summed E-state index contributed by atoms with van der Waals surface area (Å²) in [5, 5.41) is 1.11. The molecule has 1 aromatic heterocycles. The number of rotatable bonds is 8. The predicted molar refractivity (Wildman–Crippen MR) is 143 cm³/mol. The van der Waals surface area contributed by atoms with Crippen LogP contribution in [0.15, 0.2) is 75.9 Å². The molecule has 5 rings (SSSR count). The van der Waals surface area contributed by atoms with Crippen LogP contribution in [0.4, 0.5) is 0 Å². The van der Waals surface area contributed by atoms with Crippen molar-refractivity contribution in [3.63, 3.8) is 0 Å². The summed E-state index contributed by atoms with van der Waals surface area (Å²) < 4.78 is 17.6. The van der Waals surface area contributed by atoms with Gasteiger partial charge in [0.15, 0.2) is 16.9 Å². The fourth-order valence-electron chi connectivity index (χ4n) is 4.57. The summed E-state index contributed by atoms with van der Waals surface area (Å²) in [5.74, 6) is 0.849. The zero-order valence-corrected chi connectivity index (χ0v) is 21.6. The molecule has 2 heterocycles. The van der Waals surface area contributed by atoms with Crippen LogP contribution in [0.3, 0.4) is 0 Å². The Morgan fingerprint density at radius 3 is 2.49 bits per heavy atom. The minimum atomic E-state index is -0.609. The number of carbonyl (C=O) groups is 1. The van der Waals surface area contributed by atoms with E-state index in [2.05, 4.69) is 0 Å². The van der Waals surface area contributed by atoms with Gasteiger partial charge in [-0.25, -0.2) is 0 Å². The molecule has 0 fully saturated rings. The molecule has 37 heavy (non-hydrogen) atoms. The maximum atomic E-state index is 13.6. The van der Waals surface area contributed by atoms with Crippen molar-refractivity contribution in [2.45, 2.75) is 12.6 Å². The fourth-order valence-corrected chi connectivity index (χ4v) is 4.69. The van der Waals surface area contributed by atoms with E-state index in [1.165, 1.54) is 0 Å². The minimum Gasteiger partial charge on any atom is -0.493 e. The number of carbonyl (C=O) groups excluding carboxylic acids is 1. The molecule has 0 aliphatic carbocycles. The number of amides is 1. The molecule has 190 valence electrons. The van der Waals surface area contributed by atoms with Gasteiger partial charge >= 0.3 is 0 Å². The maximum absolute atomic E-state index is 13.6. The zero-order chi connectivity index (χ0) is 26.1. The van der Waals surface area contributed by atoms with Gasteiger partial charge in [-0.2, -0.15) is 0 Å². The number of benzene rings is 3. The minimum absolute atomic E-state index is 0.0921. The molecule has 0 saturated heterocycles. The van der Waals surface area contributed by atoms with Crippen molar-refractivity contribution in [1.82, 2.24) is 9.80 Å². The Balaban J connectivity index is 1.55. The highest BCUT2D eigenvalue weighted by atomic mass is 35.5. The molecule has 0 N–H and O–H groups in total. The molecule has 0 bridgehead atoms. The Kier molecular flexibility index (Phi) is 6.91. The standard InChI is InChI=1S/C29H27ClN2O5/c1-31(2)14-15-32-26(25-27(33)21-6-4-5-7-22(21)37-28(25)29(32)34)19-10-13-23(24(16-19)35-3)36-17-18-8-11-20(30)12-9-18/h4-13,16,26H,14-15,17H2,1-3H3/t26-/m1/s1. The second-order valence-corrected chi connectivity index (χ2v) is 9.64. The van der Waals surface area contributed by atoms with E-state index in [1.54, 1.807) is 42.3 Å². The van der Waals surface area contributed by atoms with Crippen molar-refractivity contribution >= 4 is 28.5 Å². The Hall–Kier alpha value is -3.81. The highest BCUT2D eigenvalue weighted by Crippen LogP contribution is 2.41. The molecule has 1 aliphatic heterocycles. The normalized spacial score (nSPS) is 14.9. The van der Waals surface area contributed by atoms with Crippen LogP contribution in [0.5, 0.6) is 11.5 Å². The Labute approximate surface area is 219 Å². The molecule has 1 aliphatic rings. The summed E-state index contributed by atoms with van der Waals surface area (Å²) in [6, 6.07) is 19.3. The molecule has 4 aromatic rings. The molecule has 1 atom stereocenters. The van der Waals surface area contributed by atoms with Crippen molar-refractivity contribution in [3.8, 4) is 11.5 Å². The Bertz CT molecular complexity index is 1510. The summed E-state index contributed by atoms with van der Waals surface area (Å²) in [6.07, 6.45) is 0. The van der Waals surface area contributed by atoms with E-state index in [0.29, 0.717) is 52.8 Å². The van der Waals surface area contributed by atoms with Gasteiger partial charge in [-0.1, -0.05) is 41.9 Å². The van der Waals surface area contributed by atoms with E-state index in [0.717, 1.165) is 11.1 Å². The maximum Gasteiger partial charge on any atom is 0.290 e. The van der Waals surface area contributed by atoms with Crippen LogP contribution in [-0.4, -0.2) is 50.0 Å². The molecular weight excluding hydrogens is 492 g/mol. The lowest BCUT2D eigenvalue weighted by atomic mass is 9.98. The Morgan fingerprint density at radius 1 is 1.00 bits per heavy atom. The van der Waals surface area contributed by atoms with E-state index in [-0.39, 0.29) is 17.1 Å². The summed E-state index contributed by atoms with van der Waals surface area (Å²) in [5.41, 5.74) is 2.24. The average molecular weight is 519 g/mol. The average Bonchev–Trinajstić information content (AvgIpc) is 3.18. The van der Waals surface area contributed by atoms with E-state index in [1.807, 2.05) is 55.4 Å². The van der Waals surface area contributed by atoms with Gasteiger partial charge in [0, 0.05) is 18.1 Å². The second-order valence-electron chi connectivity index (χ2n) is 9.20. The summed E-state index contributed by atoms with van der Waals surface area (Å²) in [7, 11) is 5.44. The topological polar surface area (TPSA) is 72.2 Å². The van der Waals surface area contributed by atoms with Crippen LogP contribution in [0, 0.1) is 0 Å².